The van der Waals surface area contributed by atoms with Crippen molar-refractivity contribution in [3.63, 3.8) is 0 Å². The first kappa shape index (κ1) is 10.4. The van der Waals surface area contributed by atoms with Gasteiger partial charge in [-0.05, 0) is 19.1 Å². The lowest BCUT2D eigenvalue weighted by Gasteiger charge is -2.08. The Kier molecular flexibility index (Phi) is 2.93. The second-order valence-corrected chi connectivity index (χ2v) is 5.65. The molecule has 0 aliphatic carbocycles. The van der Waals surface area contributed by atoms with Crippen LogP contribution in [0.4, 0.5) is 0 Å². The van der Waals surface area contributed by atoms with Gasteiger partial charge in [-0.1, -0.05) is 23.9 Å². The number of thiazole rings is 1. The predicted molar refractivity (Wildman–Crippen MR) is 59.9 cm³/mol. The van der Waals surface area contributed by atoms with Gasteiger partial charge in [-0.3, -0.25) is 0 Å². The van der Waals surface area contributed by atoms with Crippen molar-refractivity contribution in [1.82, 2.24) is 4.98 Å². The number of carbonyl (C=O) groups excluding carboxylic acids is 1. The maximum atomic E-state index is 10.6. The smallest absolute Gasteiger partial charge is 0.151 e. The average Bonchev–Trinajstić information content (AvgIpc) is 2.59. The molecule has 0 saturated carbocycles. The van der Waals surface area contributed by atoms with Crippen LogP contribution in [0.2, 0.25) is 0 Å². The third-order valence-electron chi connectivity index (χ3n) is 1.88. The van der Waals surface area contributed by atoms with Gasteiger partial charge in [0.05, 0.1) is 16.2 Å². The Morgan fingerprint density at radius 3 is 2.93 bits per heavy atom. The van der Waals surface area contributed by atoms with Gasteiger partial charge >= 0.3 is 0 Å². The second kappa shape index (κ2) is 4.20. The van der Waals surface area contributed by atoms with Gasteiger partial charge in [0.1, 0.15) is 0 Å². The van der Waals surface area contributed by atoms with Gasteiger partial charge in [0, 0.05) is 5.25 Å². The van der Waals surface area contributed by atoms with Gasteiger partial charge in [0.15, 0.2) is 4.34 Å². The van der Waals surface area contributed by atoms with Gasteiger partial charge in [-0.25, -0.2) is 4.98 Å². The van der Waals surface area contributed by atoms with Crippen LogP contribution in [-0.2, 0) is 4.79 Å². The van der Waals surface area contributed by atoms with Crippen LogP contribution in [0.3, 0.4) is 0 Å². The van der Waals surface area contributed by atoms with E-state index < -0.39 is 11.2 Å². The average molecular weight is 238 g/mol. The lowest BCUT2D eigenvalue weighted by atomic mass is 10.3. The van der Waals surface area contributed by atoms with Crippen LogP contribution in [0.25, 0.3) is 10.2 Å². The molecule has 0 aliphatic heterocycles. The molecule has 0 unspecified atom stereocenters. The molecule has 15 heavy (non-hydrogen) atoms. The number of carboxylic acid groups (broad SMARTS) is 1. The summed E-state index contributed by atoms with van der Waals surface area (Å²) in [7, 11) is 0. The van der Waals surface area contributed by atoms with Crippen LogP contribution >= 0.6 is 23.1 Å². The molecule has 0 aliphatic rings. The summed E-state index contributed by atoms with van der Waals surface area (Å²) in [6.45, 7) is 1.60. The minimum absolute atomic E-state index is 0.564. The third-order valence-corrected chi connectivity index (χ3v) is 4.09. The molecule has 0 N–H and O–H groups in total. The van der Waals surface area contributed by atoms with Crippen molar-refractivity contribution >= 4 is 39.3 Å². The number of carboxylic acids is 1. The normalized spacial score (nSPS) is 12.9. The summed E-state index contributed by atoms with van der Waals surface area (Å²) in [4.78, 5) is 14.9. The number of aliphatic carboxylic acids is 1. The van der Waals surface area contributed by atoms with Crippen LogP contribution in [0.15, 0.2) is 28.6 Å². The SMILES string of the molecule is C[C@@H](Sc1nc2ccccc2s1)C(=O)[O-]. The van der Waals surface area contributed by atoms with Crippen molar-refractivity contribution in [2.24, 2.45) is 0 Å². The third kappa shape index (κ3) is 2.30. The van der Waals surface area contributed by atoms with E-state index in [9.17, 15) is 9.90 Å². The number of fused-ring (bicyclic) bond motifs is 1. The lowest BCUT2D eigenvalue weighted by Crippen LogP contribution is -2.31. The summed E-state index contributed by atoms with van der Waals surface area (Å²) in [6, 6.07) is 7.75. The first-order valence-corrected chi connectivity index (χ1v) is 6.09. The van der Waals surface area contributed by atoms with Crippen molar-refractivity contribution in [3.05, 3.63) is 24.3 Å². The van der Waals surface area contributed by atoms with Crippen LogP contribution in [0.1, 0.15) is 6.92 Å². The van der Waals surface area contributed by atoms with Gasteiger partial charge in [0.2, 0.25) is 0 Å². The van der Waals surface area contributed by atoms with Gasteiger partial charge < -0.3 is 9.90 Å². The summed E-state index contributed by atoms with van der Waals surface area (Å²) >= 11 is 2.73. The summed E-state index contributed by atoms with van der Waals surface area (Å²) in [6.07, 6.45) is 0. The van der Waals surface area contributed by atoms with Crippen molar-refractivity contribution in [2.75, 3.05) is 0 Å². The number of hydrogen-bond acceptors (Lipinski definition) is 5. The minimum atomic E-state index is -1.06. The van der Waals surface area contributed by atoms with E-state index in [4.69, 9.17) is 0 Å². The van der Waals surface area contributed by atoms with Crippen molar-refractivity contribution in [3.8, 4) is 0 Å². The molecule has 0 fully saturated rings. The molecule has 0 amide bonds. The first-order valence-electron chi connectivity index (χ1n) is 4.40. The van der Waals surface area contributed by atoms with E-state index in [1.165, 1.54) is 23.1 Å². The number of hydrogen-bond donors (Lipinski definition) is 0. The molecule has 0 spiro atoms. The molecular weight excluding hydrogens is 230 g/mol. The lowest BCUT2D eigenvalue weighted by molar-refractivity contribution is -0.304. The molecule has 3 nitrogen and oxygen atoms in total. The number of nitrogens with zero attached hydrogens (tertiary/aromatic N) is 1. The first-order chi connectivity index (χ1) is 7.16. The zero-order valence-electron chi connectivity index (χ0n) is 7.97. The highest BCUT2D eigenvalue weighted by atomic mass is 32.2. The highest BCUT2D eigenvalue weighted by Crippen LogP contribution is 2.31. The molecule has 0 bridgehead atoms. The van der Waals surface area contributed by atoms with E-state index in [1.54, 1.807) is 6.92 Å². The van der Waals surface area contributed by atoms with E-state index in [0.29, 0.717) is 0 Å². The molecule has 1 aromatic carbocycles. The number of rotatable bonds is 3. The zero-order valence-corrected chi connectivity index (χ0v) is 9.60. The van der Waals surface area contributed by atoms with E-state index in [2.05, 4.69) is 4.98 Å². The Bertz CT molecular complexity index is 462. The molecule has 78 valence electrons. The van der Waals surface area contributed by atoms with Crippen LogP contribution in [0, 0.1) is 0 Å². The summed E-state index contributed by atoms with van der Waals surface area (Å²) in [5, 5.41) is 10.00. The van der Waals surface area contributed by atoms with Crippen LogP contribution < -0.4 is 5.11 Å². The Hall–Kier alpha value is -1.07. The summed E-state index contributed by atoms with van der Waals surface area (Å²) < 4.78 is 1.85. The fraction of sp³-hybridized carbons (Fsp3) is 0.200. The van der Waals surface area contributed by atoms with E-state index >= 15 is 0 Å². The molecule has 5 heteroatoms. The second-order valence-electron chi connectivity index (χ2n) is 3.03. The topological polar surface area (TPSA) is 53.0 Å². The largest absolute Gasteiger partial charge is 0.549 e. The molecule has 0 saturated heterocycles. The minimum Gasteiger partial charge on any atom is -0.549 e. The highest BCUT2D eigenvalue weighted by Gasteiger charge is 2.09. The van der Waals surface area contributed by atoms with Crippen molar-refractivity contribution in [1.29, 1.82) is 0 Å². The molecule has 1 heterocycles. The van der Waals surface area contributed by atoms with E-state index in [1.807, 2.05) is 24.3 Å². The summed E-state index contributed by atoms with van der Waals surface area (Å²) in [5.41, 5.74) is 0.913. The highest BCUT2D eigenvalue weighted by molar-refractivity contribution is 8.02. The van der Waals surface area contributed by atoms with Gasteiger partial charge in [0.25, 0.3) is 0 Å². The Morgan fingerprint density at radius 1 is 1.53 bits per heavy atom. The fourth-order valence-corrected chi connectivity index (χ4v) is 3.24. The number of thioether (sulfide) groups is 1. The molecule has 2 aromatic rings. The fourth-order valence-electron chi connectivity index (χ4n) is 1.10. The number of para-hydroxylation sites is 1. The number of carbonyl (C=O) groups is 1. The number of benzene rings is 1. The maximum Gasteiger partial charge on any atom is 0.151 e. The molecule has 1 aromatic heterocycles. The van der Waals surface area contributed by atoms with E-state index in [-0.39, 0.29) is 0 Å². The summed E-state index contributed by atoms with van der Waals surface area (Å²) in [5.74, 6) is -1.06. The van der Waals surface area contributed by atoms with Gasteiger partial charge in [-0.15, -0.1) is 11.3 Å². The zero-order chi connectivity index (χ0) is 10.8. The Labute approximate surface area is 95.1 Å². The Morgan fingerprint density at radius 2 is 2.27 bits per heavy atom. The maximum absolute atomic E-state index is 10.6. The molecule has 1 atom stereocenters. The molecule has 0 radical (unpaired) electrons. The quantitative estimate of drug-likeness (QED) is 0.761. The standard InChI is InChI=1S/C10H9NO2S2/c1-6(9(12)13)14-10-11-7-4-2-3-5-8(7)15-10/h2-6H,1H3,(H,12,13)/p-1/t6-/m1/s1. The monoisotopic (exact) mass is 238 g/mol. The predicted octanol–water partition coefficient (Wildman–Crippen LogP) is 1.53. The van der Waals surface area contributed by atoms with Crippen LogP contribution in [0.5, 0.6) is 0 Å². The van der Waals surface area contributed by atoms with Gasteiger partial charge in [-0.2, -0.15) is 0 Å². The molecular formula is C10H8NO2S2-. The van der Waals surface area contributed by atoms with Crippen LogP contribution in [-0.4, -0.2) is 16.2 Å². The van der Waals surface area contributed by atoms with E-state index in [0.717, 1.165) is 14.6 Å². The number of aromatic nitrogens is 1. The molecule has 2 rings (SSSR count). The van der Waals surface area contributed by atoms with Crippen molar-refractivity contribution in [2.45, 2.75) is 16.5 Å². The van der Waals surface area contributed by atoms with Crippen molar-refractivity contribution < 1.29 is 9.90 Å². The Balaban J connectivity index is 2.26.